The first-order valence-corrected chi connectivity index (χ1v) is 4.60. The quantitative estimate of drug-likeness (QED) is 0.307. The number of carbonyl (C=O) groups is 1. The van der Waals surface area contributed by atoms with E-state index in [1.807, 2.05) is 0 Å². The van der Waals surface area contributed by atoms with Crippen LogP contribution in [0.4, 0.5) is 0 Å². The van der Waals surface area contributed by atoms with Gasteiger partial charge in [0.25, 0.3) is 0 Å². The standard InChI is InChI=1S/C9H15NO3/c1-13-9(11)8(10-12)7-5-3-2-4-6-7/h7,12H,2-6H2,1H3/b10-8-. The largest absolute Gasteiger partial charge is 0.464 e. The lowest BCUT2D eigenvalue weighted by Crippen LogP contribution is -2.27. The maximum Gasteiger partial charge on any atom is 0.356 e. The molecule has 0 heterocycles. The Morgan fingerprint density at radius 2 is 2.00 bits per heavy atom. The molecule has 74 valence electrons. The van der Waals surface area contributed by atoms with Gasteiger partial charge in [-0.05, 0) is 12.8 Å². The van der Waals surface area contributed by atoms with Crippen molar-refractivity contribution in [1.29, 1.82) is 0 Å². The van der Waals surface area contributed by atoms with Crippen molar-refractivity contribution in [2.24, 2.45) is 11.1 Å². The molecule has 0 spiro atoms. The van der Waals surface area contributed by atoms with E-state index in [0.29, 0.717) is 0 Å². The van der Waals surface area contributed by atoms with Crippen molar-refractivity contribution >= 4 is 11.7 Å². The van der Waals surface area contributed by atoms with Gasteiger partial charge in [0.1, 0.15) is 0 Å². The van der Waals surface area contributed by atoms with E-state index in [1.165, 1.54) is 13.5 Å². The van der Waals surface area contributed by atoms with Crippen LogP contribution in [0.25, 0.3) is 0 Å². The molecule has 13 heavy (non-hydrogen) atoms. The van der Waals surface area contributed by atoms with E-state index >= 15 is 0 Å². The van der Waals surface area contributed by atoms with Gasteiger partial charge in [-0.2, -0.15) is 0 Å². The van der Waals surface area contributed by atoms with E-state index in [1.54, 1.807) is 0 Å². The van der Waals surface area contributed by atoms with E-state index in [0.717, 1.165) is 25.7 Å². The Morgan fingerprint density at radius 1 is 1.38 bits per heavy atom. The summed E-state index contributed by atoms with van der Waals surface area (Å²) in [4.78, 5) is 11.1. The first kappa shape index (κ1) is 10.0. The molecule has 0 atom stereocenters. The van der Waals surface area contributed by atoms with E-state index in [-0.39, 0.29) is 11.6 Å². The van der Waals surface area contributed by atoms with Gasteiger partial charge in [-0.15, -0.1) is 0 Å². The summed E-state index contributed by atoms with van der Waals surface area (Å²) in [5.41, 5.74) is 0.183. The van der Waals surface area contributed by atoms with Gasteiger partial charge < -0.3 is 9.94 Å². The number of carbonyl (C=O) groups excluding carboxylic acids is 1. The molecular formula is C9H15NO3. The van der Waals surface area contributed by atoms with Crippen LogP contribution in [-0.4, -0.2) is 24.0 Å². The van der Waals surface area contributed by atoms with Crippen LogP contribution in [0, 0.1) is 5.92 Å². The van der Waals surface area contributed by atoms with Gasteiger partial charge in [-0.25, -0.2) is 4.79 Å². The van der Waals surface area contributed by atoms with Gasteiger partial charge in [0.05, 0.1) is 7.11 Å². The molecule has 1 aliphatic rings. The van der Waals surface area contributed by atoms with Gasteiger partial charge in [-0.1, -0.05) is 24.4 Å². The van der Waals surface area contributed by atoms with Crippen LogP contribution in [0.2, 0.25) is 0 Å². The summed E-state index contributed by atoms with van der Waals surface area (Å²) in [7, 11) is 1.30. The minimum absolute atomic E-state index is 0.0891. The summed E-state index contributed by atoms with van der Waals surface area (Å²) in [5.74, 6) is -0.416. The molecule has 0 radical (unpaired) electrons. The maximum atomic E-state index is 11.1. The van der Waals surface area contributed by atoms with Crippen molar-refractivity contribution in [1.82, 2.24) is 0 Å². The van der Waals surface area contributed by atoms with Crippen molar-refractivity contribution in [3.8, 4) is 0 Å². The van der Waals surface area contributed by atoms with Crippen molar-refractivity contribution in [3.05, 3.63) is 0 Å². The minimum Gasteiger partial charge on any atom is -0.464 e. The van der Waals surface area contributed by atoms with Gasteiger partial charge in [0.2, 0.25) is 0 Å². The molecule has 1 N–H and O–H groups in total. The zero-order valence-corrected chi connectivity index (χ0v) is 7.82. The summed E-state index contributed by atoms with van der Waals surface area (Å²) in [6.45, 7) is 0. The lowest BCUT2D eigenvalue weighted by Gasteiger charge is -2.20. The minimum atomic E-state index is -0.505. The van der Waals surface area contributed by atoms with Crippen LogP contribution in [0.1, 0.15) is 32.1 Å². The van der Waals surface area contributed by atoms with Gasteiger partial charge in [-0.3, -0.25) is 0 Å². The summed E-state index contributed by atoms with van der Waals surface area (Å²) in [6, 6.07) is 0. The fraction of sp³-hybridized carbons (Fsp3) is 0.778. The van der Waals surface area contributed by atoms with Crippen LogP contribution in [0.3, 0.4) is 0 Å². The predicted octanol–water partition coefficient (Wildman–Crippen LogP) is 1.57. The number of ether oxygens (including phenoxy) is 1. The average Bonchev–Trinajstić information content (AvgIpc) is 2.20. The van der Waals surface area contributed by atoms with E-state index in [9.17, 15) is 4.79 Å². The molecule has 0 aromatic heterocycles. The molecule has 1 rings (SSSR count). The summed E-state index contributed by atoms with van der Waals surface area (Å²) >= 11 is 0. The molecule has 1 saturated carbocycles. The zero-order chi connectivity index (χ0) is 9.68. The van der Waals surface area contributed by atoms with Gasteiger partial charge in [0.15, 0.2) is 5.71 Å². The molecule has 0 aromatic rings. The fourth-order valence-corrected chi connectivity index (χ4v) is 1.77. The predicted molar refractivity (Wildman–Crippen MR) is 47.8 cm³/mol. The van der Waals surface area contributed by atoms with Crippen molar-refractivity contribution in [3.63, 3.8) is 0 Å². The molecular weight excluding hydrogens is 170 g/mol. The van der Waals surface area contributed by atoms with Crippen molar-refractivity contribution < 1.29 is 14.7 Å². The summed E-state index contributed by atoms with van der Waals surface area (Å²) in [5, 5.41) is 11.7. The number of methoxy groups -OCH3 is 1. The fourth-order valence-electron chi connectivity index (χ4n) is 1.77. The highest BCUT2D eigenvalue weighted by Gasteiger charge is 2.25. The lowest BCUT2D eigenvalue weighted by atomic mass is 9.86. The number of esters is 1. The topological polar surface area (TPSA) is 58.9 Å². The Bertz CT molecular complexity index is 207. The van der Waals surface area contributed by atoms with Crippen LogP contribution in [0.15, 0.2) is 5.16 Å². The molecule has 1 aliphatic carbocycles. The molecule has 0 saturated heterocycles. The molecule has 0 amide bonds. The van der Waals surface area contributed by atoms with Crippen LogP contribution >= 0.6 is 0 Å². The number of nitrogens with zero attached hydrogens (tertiary/aromatic N) is 1. The Kier molecular flexibility index (Phi) is 3.73. The molecule has 4 heteroatoms. The van der Waals surface area contributed by atoms with Crippen molar-refractivity contribution in [2.75, 3.05) is 7.11 Å². The van der Waals surface area contributed by atoms with Crippen molar-refractivity contribution in [2.45, 2.75) is 32.1 Å². The third kappa shape index (κ3) is 2.44. The lowest BCUT2D eigenvalue weighted by molar-refractivity contribution is -0.133. The Labute approximate surface area is 77.6 Å². The highest BCUT2D eigenvalue weighted by atomic mass is 16.5. The normalized spacial score (nSPS) is 19.9. The highest BCUT2D eigenvalue weighted by Crippen LogP contribution is 2.25. The monoisotopic (exact) mass is 185 g/mol. The number of hydrogen-bond donors (Lipinski definition) is 1. The first-order chi connectivity index (χ1) is 6.29. The molecule has 0 unspecified atom stereocenters. The second-order valence-corrected chi connectivity index (χ2v) is 3.31. The zero-order valence-electron chi connectivity index (χ0n) is 7.82. The van der Waals surface area contributed by atoms with Crippen LogP contribution < -0.4 is 0 Å². The Hall–Kier alpha value is -1.06. The highest BCUT2D eigenvalue weighted by molar-refractivity contribution is 6.37. The molecule has 4 nitrogen and oxygen atoms in total. The molecule has 1 fully saturated rings. The average molecular weight is 185 g/mol. The summed E-state index contributed by atoms with van der Waals surface area (Å²) in [6.07, 6.45) is 5.25. The van der Waals surface area contributed by atoms with E-state index < -0.39 is 5.97 Å². The Balaban J connectivity index is 2.60. The first-order valence-electron chi connectivity index (χ1n) is 4.60. The number of hydrogen-bond acceptors (Lipinski definition) is 4. The molecule has 0 aliphatic heterocycles. The van der Waals surface area contributed by atoms with Gasteiger partial charge in [0, 0.05) is 5.92 Å². The van der Waals surface area contributed by atoms with E-state index in [2.05, 4.69) is 9.89 Å². The van der Waals surface area contributed by atoms with Crippen LogP contribution in [0.5, 0.6) is 0 Å². The number of rotatable bonds is 2. The number of oxime groups is 1. The molecule has 0 bridgehead atoms. The Morgan fingerprint density at radius 3 is 2.46 bits per heavy atom. The van der Waals surface area contributed by atoms with E-state index in [4.69, 9.17) is 5.21 Å². The molecule has 0 aromatic carbocycles. The maximum absolute atomic E-state index is 11.1. The van der Waals surface area contributed by atoms with Gasteiger partial charge >= 0.3 is 5.97 Å². The van der Waals surface area contributed by atoms with Crippen LogP contribution in [-0.2, 0) is 9.53 Å². The third-order valence-electron chi connectivity index (χ3n) is 2.49. The third-order valence-corrected chi connectivity index (χ3v) is 2.49. The second-order valence-electron chi connectivity index (χ2n) is 3.31. The summed E-state index contributed by atoms with van der Waals surface area (Å²) < 4.78 is 4.53. The SMILES string of the molecule is COC(=O)/C(=N\O)C1CCCCC1. The smallest absolute Gasteiger partial charge is 0.356 e. The second kappa shape index (κ2) is 4.84.